The SMILES string of the molecule is Cc1c(Cc2ccc(-c3cnn(C)c3)nc2)cc2c(=O)n(CC3CCCO3)cnc2c1Cl.Cl. The summed E-state index contributed by atoms with van der Waals surface area (Å²) in [4.78, 5) is 22.3. The molecule has 0 saturated carbocycles. The molecule has 1 aliphatic rings. The molecule has 0 aliphatic carbocycles. The van der Waals surface area contributed by atoms with E-state index in [1.807, 2.05) is 44.6 Å². The minimum atomic E-state index is -0.0845. The smallest absolute Gasteiger partial charge is 0.261 e. The van der Waals surface area contributed by atoms with Crippen molar-refractivity contribution in [1.29, 1.82) is 0 Å². The maximum atomic E-state index is 13.2. The van der Waals surface area contributed by atoms with E-state index in [0.717, 1.165) is 47.4 Å². The van der Waals surface area contributed by atoms with Crippen LogP contribution in [0.15, 0.2) is 47.9 Å². The Hall–Kier alpha value is -2.74. The number of aryl methyl sites for hydroxylation is 1. The number of benzene rings is 1. The van der Waals surface area contributed by atoms with Gasteiger partial charge < -0.3 is 4.74 Å². The van der Waals surface area contributed by atoms with E-state index in [1.54, 1.807) is 21.8 Å². The first-order valence-electron chi connectivity index (χ1n) is 10.7. The molecule has 1 atom stereocenters. The summed E-state index contributed by atoms with van der Waals surface area (Å²) in [6.45, 7) is 3.24. The number of rotatable bonds is 5. The summed E-state index contributed by atoms with van der Waals surface area (Å²) in [5, 5.41) is 5.26. The highest BCUT2D eigenvalue weighted by Crippen LogP contribution is 2.29. The monoisotopic (exact) mass is 485 g/mol. The number of nitrogens with zero attached hydrogens (tertiary/aromatic N) is 5. The molecule has 1 unspecified atom stereocenters. The standard InChI is InChI=1S/C24H24ClN5O2.ClH/c1-15-17(8-16-5-6-21(26-10-16)18-11-28-29(2)12-18)9-20-23(22(15)25)27-14-30(24(20)31)13-19-4-3-7-32-19;/h5-6,9-12,14,19H,3-4,7-8,13H2,1-2H3;1H. The Bertz CT molecular complexity index is 1340. The third-order valence-electron chi connectivity index (χ3n) is 6.05. The number of aromatic nitrogens is 5. The van der Waals surface area contributed by atoms with Crippen LogP contribution in [0.5, 0.6) is 0 Å². The van der Waals surface area contributed by atoms with Gasteiger partial charge in [-0.2, -0.15) is 5.10 Å². The van der Waals surface area contributed by atoms with Gasteiger partial charge in [0.05, 0.1) is 46.8 Å². The van der Waals surface area contributed by atoms with Gasteiger partial charge in [0.15, 0.2) is 0 Å². The van der Waals surface area contributed by atoms with E-state index in [1.165, 1.54) is 0 Å². The van der Waals surface area contributed by atoms with Gasteiger partial charge in [0, 0.05) is 31.6 Å². The largest absolute Gasteiger partial charge is 0.376 e. The molecule has 4 heterocycles. The minimum absolute atomic E-state index is 0. The molecule has 1 aliphatic heterocycles. The number of hydrogen-bond donors (Lipinski definition) is 0. The summed E-state index contributed by atoms with van der Waals surface area (Å²) in [7, 11) is 1.88. The van der Waals surface area contributed by atoms with Crippen molar-refractivity contribution in [2.24, 2.45) is 7.05 Å². The number of pyridine rings is 1. The van der Waals surface area contributed by atoms with Gasteiger partial charge in [0.2, 0.25) is 0 Å². The molecule has 3 aromatic heterocycles. The molecule has 0 radical (unpaired) electrons. The van der Waals surface area contributed by atoms with Crippen LogP contribution in [0.4, 0.5) is 0 Å². The summed E-state index contributed by atoms with van der Waals surface area (Å²) in [6.07, 6.45) is 9.86. The fraction of sp³-hybridized carbons (Fsp3) is 0.333. The van der Waals surface area contributed by atoms with Crippen LogP contribution >= 0.6 is 24.0 Å². The molecule has 172 valence electrons. The highest BCUT2D eigenvalue weighted by atomic mass is 35.5. The summed E-state index contributed by atoms with van der Waals surface area (Å²) in [5.74, 6) is 0. The Morgan fingerprint density at radius 3 is 2.76 bits per heavy atom. The number of fused-ring (bicyclic) bond motifs is 1. The maximum Gasteiger partial charge on any atom is 0.261 e. The molecule has 1 aromatic carbocycles. The summed E-state index contributed by atoms with van der Waals surface area (Å²) >= 11 is 6.64. The van der Waals surface area contributed by atoms with Gasteiger partial charge >= 0.3 is 0 Å². The highest BCUT2D eigenvalue weighted by Gasteiger charge is 2.19. The lowest BCUT2D eigenvalue weighted by atomic mass is 9.99. The molecular weight excluding hydrogens is 461 g/mol. The Kier molecular flexibility index (Phi) is 6.83. The third kappa shape index (κ3) is 4.67. The van der Waals surface area contributed by atoms with Crippen molar-refractivity contribution in [1.82, 2.24) is 24.3 Å². The lowest BCUT2D eigenvalue weighted by Crippen LogP contribution is -2.27. The van der Waals surface area contributed by atoms with E-state index >= 15 is 0 Å². The molecule has 33 heavy (non-hydrogen) atoms. The van der Waals surface area contributed by atoms with E-state index in [9.17, 15) is 4.79 Å². The van der Waals surface area contributed by atoms with Crippen molar-refractivity contribution in [3.8, 4) is 11.3 Å². The molecule has 9 heteroatoms. The van der Waals surface area contributed by atoms with E-state index < -0.39 is 0 Å². The Morgan fingerprint density at radius 1 is 1.24 bits per heavy atom. The van der Waals surface area contributed by atoms with E-state index in [2.05, 4.69) is 15.1 Å². The average Bonchev–Trinajstić information content (AvgIpc) is 3.46. The average molecular weight is 486 g/mol. The second kappa shape index (κ2) is 9.63. The summed E-state index contributed by atoms with van der Waals surface area (Å²) in [6, 6.07) is 5.96. The van der Waals surface area contributed by atoms with Crippen molar-refractivity contribution >= 4 is 34.9 Å². The Labute approximate surface area is 202 Å². The second-order valence-electron chi connectivity index (χ2n) is 8.34. The zero-order chi connectivity index (χ0) is 22.2. The predicted molar refractivity (Wildman–Crippen MR) is 131 cm³/mol. The summed E-state index contributed by atoms with van der Waals surface area (Å²) in [5.41, 5.74) is 5.27. The molecule has 0 N–H and O–H groups in total. The molecule has 7 nitrogen and oxygen atoms in total. The molecule has 4 aromatic rings. The van der Waals surface area contributed by atoms with Gasteiger partial charge in [0.25, 0.3) is 5.56 Å². The van der Waals surface area contributed by atoms with Gasteiger partial charge in [-0.1, -0.05) is 17.7 Å². The van der Waals surface area contributed by atoms with E-state index in [0.29, 0.717) is 28.9 Å². The highest BCUT2D eigenvalue weighted by molar-refractivity contribution is 6.35. The maximum absolute atomic E-state index is 13.2. The van der Waals surface area contributed by atoms with E-state index in [4.69, 9.17) is 16.3 Å². The molecule has 1 fully saturated rings. The van der Waals surface area contributed by atoms with Crippen LogP contribution in [-0.4, -0.2) is 37.0 Å². The van der Waals surface area contributed by atoms with Crippen LogP contribution in [0.3, 0.4) is 0 Å². The Balaban J connectivity index is 0.00000259. The van der Waals surface area contributed by atoms with Crippen LogP contribution in [0.1, 0.15) is 29.5 Å². The van der Waals surface area contributed by atoms with Crippen LogP contribution in [0.2, 0.25) is 5.02 Å². The van der Waals surface area contributed by atoms with Gasteiger partial charge in [-0.25, -0.2) is 4.98 Å². The predicted octanol–water partition coefficient (Wildman–Crippen LogP) is 4.35. The van der Waals surface area contributed by atoms with Gasteiger partial charge in [-0.3, -0.25) is 19.0 Å². The molecular formula is C24H25Cl2N5O2. The van der Waals surface area contributed by atoms with Crippen molar-refractivity contribution in [2.45, 2.75) is 38.8 Å². The Morgan fingerprint density at radius 2 is 2.09 bits per heavy atom. The van der Waals surface area contributed by atoms with Crippen molar-refractivity contribution < 1.29 is 4.74 Å². The summed E-state index contributed by atoms with van der Waals surface area (Å²) < 4.78 is 9.08. The number of ether oxygens (including phenoxy) is 1. The first kappa shape index (κ1) is 23.4. The van der Waals surface area contributed by atoms with E-state index in [-0.39, 0.29) is 24.1 Å². The zero-order valence-electron chi connectivity index (χ0n) is 18.5. The van der Waals surface area contributed by atoms with Crippen molar-refractivity contribution in [3.05, 3.63) is 75.2 Å². The first-order valence-corrected chi connectivity index (χ1v) is 11.1. The fourth-order valence-corrected chi connectivity index (χ4v) is 4.48. The number of halogens is 2. The molecule has 0 spiro atoms. The van der Waals surface area contributed by atoms with Gasteiger partial charge in [0.1, 0.15) is 0 Å². The van der Waals surface area contributed by atoms with Crippen LogP contribution in [0, 0.1) is 6.92 Å². The lowest BCUT2D eigenvalue weighted by Gasteiger charge is -2.14. The molecule has 0 amide bonds. The molecule has 5 rings (SSSR count). The second-order valence-corrected chi connectivity index (χ2v) is 8.72. The first-order chi connectivity index (χ1) is 15.5. The molecule has 0 bridgehead atoms. The zero-order valence-corrected chi connectivity index (χ0v) is 20.1. The van der Waals surface area contributed by atoms with Crippen LogP contribution < -0.4 is 5.56 Å². The van der Waals surface area contributed by atoms with Crippen LogP contribution in [-0.2, 0) is 24.8 Å². The van der Waals surface area contributed by atoms with Crippen molar-refractivity contribution in [3.63, 3.8) is 0 Å². The number of hydrogen-bond acceptors (Lipinski definition) is 5. The molecule has 1 saturated heterocycles. The van der Waals surface area contributed by atoms with Gasteiger partial charge in [-0.05, 0) is 55.0 Å². The lowest BCUT2D eigenvalue weighted by molar-refractivity contribution is 0.0960. The fourth-order valence-electron chi connectivity index (χ4n) is 4.21. The normalized spacial score (nSPS) is 15.7. The quantitative estimate of drug-likeness (QED) is 0.420. The topological polar surface area (TPSA) is 74.8 Å². The third-order valence-corrected chi connectivity index (χ3v) is 6.52. The van der Waals surface area contributed by atoms with Crippen molar-refractivity contribution in [2.75, 3.05) is 6.61 Å². The van der Waals surface area contributed by atoms with Crippen LogP contribution in [0.25, 0.3) is 22.2 Å². The van der Waals surface area contributed by atoms with Gasteiger partial charge in [-0.15, -0.1) is 12.4 Å². The minimum Gasteiger partial charge on any atom is -0.376 e.